The molecule has 0 atom stereocenters. The molecule has 4 rings (SSSR count). The third-order valence-electron chi connectivity index (χ3n) is 5.26. The Labute approximate surface area is 198 Å². The number of hydrogen-bond acceptors (Lipinski definition) is 9. The Kier molecular flexibility index (Phi) is 7.15. The molecule has 0 bridgehead atoms. The molecule has 176 valence electrons. The molecule has 0 amide bonds. The number of hydrogen-bond donors (Lipinski definition) is 1. The number of aryl methyl sites for hydroxylation is 1. The quantitative estimate of drug-likeness (QED) is 0.496. The van der Waals surface area contributed by atoms with Gasteiger partial charge in [0.1, 0.15) is 5.00 Å². The monoisotopic (exact) mass is 507 g/mol. The van der Waals surface area contributed by atoms with Gasteiger partial charge in [-0.1, -0.05) is 47.2 Å². The maximum Gasteiger partial charge on any atom is 0.233 e. The van der Waals surface area contributed by atoms with Crippen molar-refractivity contribution in [2.45, 2.75) is 26.1 Å². The van der Waals surface area contributed by atoms with Gasteiger partial charge in [-0.15, -0.1) is 0 Å². The van der Waals surface area contributed by atoms with Gasteiger partial charge in [0, 0.05) is 26.2 Å². The van der Waals surface area contributed by atoms with E-state index in [0.29, 0.717) is 26.3 Å². The number of sulfone groups is 2. The van der Waals surface area contributed by atoms with E-state index in [9.17, 15) is 16.8 Å². The summed E-state index contributed by atoms with van der Waals surface area (Å²) in [4.78, 5) is 6.48. The number of nitrogens with one attached hydrogen (secondary N) is 1. The molecule has 2 aromatic carbocycles. The van der Waals surface area contributed by atoms with Gasteiger partial charge in [-0.2, -0.15) is 0 Å². The van der Waals surface area contributed by atoms with Crippen LogP contribution in [-0.4, -0.2) is 66.1 Å². The van der Waals surface area contributed by atoms with E-state index in [1.54, 1.807) is 30.3 Å². The molecule has 0 spiro atoms. The molecule has 1 aliphatic rings. The first-order valence-electron chi connectivity index (χ1n) is 10.5. The van der Waals surface area contributed by atoms with Crippen LogP contribution in [-0.2, 0) is 24.4 Å². The van der Waals surface area contributed by atoms with Gasteiger partial charge in [0.25, 0.3) is 0 Å². The minimum atomic E-state index is -4.02. The maximum atomic E-state index is 13.4. The van der Waals surface area contributed by atoms with Crippen molar-refractivity contribution in [3.05, 3.63) is 60.2 Å². The van der Waals surface area contributed by atoms with Crippen LogP contribution in [0.3, 0.4) is 0 Å². The van der Waals surface area contributed by atoms with Crippen molar-refractivity contribution in [2.24, 2.45) is 0 Å². The fourth-order valence-electron chi connectivity index (χ4n) is 3.38. The summed E-state index contributed by atoms with van der Waals surface area (Å²) in [6.45, 7) is 5.90. The first-order chi connectivity index (χ1) is 15.8. The highest BCUT2D eigenvalue weighted by Crippen LogP contribution is 2.36. The molecule has 8 nitrogen and oxygen atoms in total. The molecule has 1 saturated heterocycles. The summed E-state index contributed by atoms with van der Waals surface area (Å²) < 4.78 is 58.1. The lowest BCUT2D eigenvalue weighted by atomic mass is 10.2. The highest BCUT2D eigenvalue weighted by molar-refractivity contribution is 7.94. The van der Waals surface area contributed by atoms with Crippen molar-refractivity contribution in [1.29, 1.82) is 0 Å². The van der Waals surface area contributed by atoms with Crippen molar-refractivity contribution in [3.63, 3.8) is 0 Å². The predicted octanol–water partition coefficient (Wildman–Crippen LogP) is 2.86. The Balaban J connectivity index is 1.69. The number of anilines is 1. The van der Waals surface area contributed by atoms with E-state index in [-0.39, 0.29) is 24.2 Å². The van der Waals surface area contributed by atoms with Crippen LogP contribution in [0.5, 0.6) is 0 Å². The summed E-state index contributed by atoms with van der Waals surface area (Å²) in [7, 11) is -7.98. The summed E-state index contributed by atoms with van der Waals surface area (Å²) >= 11 is 0.840. The Morgan fingerprint density at radius 1 is 0.939 bits per heavy atom. The number of rotatable bonds is 8. The number of aromatic nitrogens is 1. The molecule has 33 heavy (non-hydrogen) atoms. The van der Waals surface area contributed by atoms with Crippen molar-refractivity contribution in [1.82, 2.24) is 9.88 Å². The van der Waals surface area contributed by atoms with E-state index in [0.717, 1.165) is 30.0 Å². The zero-order chi connectivity index (χ0) is 23.5. The lowest BCUT2D eigenvalue weighted by Gasteiger charge is -2.26. The molecule has 11 heteroatoms. The molecular formula is C22H25N3O5S3. The van der Waals surface area contributed by atoms with Crippen molar-refractivity contribution in [2.75, 3.05) is 44.7 Å². The molecule has 0 saturated carbocycles. The van der Waals surface area contributed by atoms with Gasteiger partial charge in [-0.05, 0) is 31.2 Å². The summed E-state index contributed by atoms with van der Waals surface area (Å²) in [5.41, 5.74) is 0.920. The Hall–Kier alpha value is -2.31. The number of nitrogens with zero attached hydrogens (tertiary/aromatic N) is 2. The highest BCUT2D eigenvalue weighted by Gasteiger charge is 2.31. The van der Waals surface area contributed by atoms with E-state index >= 15 is 0 Å². The standard InChI is InChI=1S/C22H25N3O5S3/c1-17-7-9-19(10-8-17)32(26,27)21-20(23-11-12-25-13-15-30-16-14-25)31-22(24-21)33(28,29)18-5-3-2-4-6-18/h2-10,23H,11-16H2,1H3. The summed E-state index contributed by atoms with van der Waals surface area (Å²) in [5.74, 6) is 0. The molecule has 1 fully saturated rings. The molecule has 0 aliphatic carbocycles. The van der Waals surface area contributed by atoms with E-state index in [2.05, 4.69) is 15.2 Å². The lowest BCUT2D eigenvalue weighted by molar-refractivity contribution is 0.0398. The van der Waals surface area contributed by atoms with Crippen LogP contribution in [0.1, 0.15) is 5.56 Å². The van der Waals surface area contributed by atoms with Crippen LogP contribution in [0.4, 0.5) is 5.00 Å². The van der Waals surface area contributed by atoms with Crippen molar-refractivity contribution in [3.8, 4) is 0 Å². The zero-order valence-electron chi connectivity index (χ0n) is 18.1. The van der Waals surface area contributed by atoms with Gasteiger partial charge in [0.05, 0.1) is 23.0 Å². The second-order valence-electron chi connectivity index (χ2n) is 7.63. The number of morpholine rings is 1. The molecular weight excluding hydrogens is 482 g/mol. The maximum absolute atomic E-state index is 13.4. The summed E-state index contributed by atoms with van der Waals surface area (Å²) in [6, 6.07) is 14.3. The molecule has 0 radical (unpaired) electrons. The minimum Gasteiger partial charge on any atom is -0.379 e. The van der Waals surface area contributed by atoms with Crippen LogP contribution in [0.15, 0.2) is 73.8 Å². The second kappa shape index (κ2) is 9.90. The van der Waals surface area contributed by atoms with Gasteiger partial charge in [-0.25, -0.2) is 21.8 Å². The summed E-state index contributed by atoms with van der Waals surface area (Å²) in [5, 5.41) is 3.07. The van der Waals surface area contributed by atoms with Crippen molar-refractivity contribution >= 4 is 36.0 Å². The van der Waals surface area contributed by atoms with Crippen LogP contribution in [0, 0.1) is 6.92 Å². The number of benzene rings is 2. The number of thiazole rings is 1. The van der Waals surface area contributed by atoms with Gasteiger partial charge in [0.2, 0.25) is 24.0 Å². The smallest absolute Gasteiger partial charge is 0.233 e. The predicted molar refractivity (Wildman–Crippen MR) is 126 cm³/mol. The molecule has 3 aromatic rings. The first kappa shape index (κ1) is 23.8. The second-order valence-corrected chi connectivity index (χ2v) is 12.6. The Morgan fingerprint density at radius 2 is 1.58 bits per heavy atom. The van der Waals surface area contributed by atoms with Crippen LogP contribution >= 0.6 is 11.3 Å². The molecule has 1 aromatic heterocycles. The fourth-order valence-corrected chi connectivity index (χ4v) is 7.72. The van der Waals surface area contributed by atoms with Gasteiger partial charge in [0.15, 0.2) is 5.03 Å². The number of ether oxygens (including phenoxy) is 1. The molecule has 1 aliphatic heterocycles. The zero-order valence-corrected chi connectivity index (χ0v) is 20.5. The largest absolute Gasteiger partial charge is 0.379 e. The van der Waals surface area contributed by atoms with E-state index in [1.807, 2.05) is 6.92 Å². The highest BCUT2D eigenvalue weighted by atomic mass is 32.2. The summed E-state index contributed by atoms with van der Waals surface area (Å²) in [6.07, 6.45) is 0. The van der Waals surface area contributed by atoms with E-state index < -0.39 is 19.7 Å². The van der Waals surface area contributed by atoms with Crippen LogP contribution in [0.2, 0.25) is 0 Å². The van der Waals surface area contributed by atoms with E-state index in [4.69, 9.17) is 4.74 Å². The van der Waals surface area contributed by atoms with E-state index in [1.165, 1.54) is 24.3 Å². The average Bonchev–Trinajstić information content (AvgIpc) is 3.27. The topological polar surface area (TPSA) is 106 Å². The fraction of sp³-hybridized carbons (Fsp3) is 0.318. The van der Waals surface area contributed by atoms with Crippen LogP contribution in [0.25, 0.3) is 0 Å². The SMILES string of the molecule is Cc1ccc(S(=O)(=O)c2nc(S(=O)(=O)c3ccccc3)sc2NCCN2CCOCC2)cc1. The van der Waals surface area contributed by atoms with Crippen LogP contribution < -0.4 is 5.32 Å². The lowest BCUT2D eigenvalue weighted by Crippen LogP contribution is -2.39. The Morgan fingerprint density at radius 3 is 2.24 bits per heavy atom. The van der Waals surface area contributed by atoms with Gasteiger partial charge < -0.3 is 10.1 Å². The third-order valence-corrected chi connectivity index (χ3v) is 10.2. The van der Waals surface area contributed by atoms with Gasteiger partial charge in [-0.3, -0.25) is 4.90 Å². The Bertz CT molecular complexity index is 1300. The minimum absolute atomic E-state index is 0.0675. The molecule has 1 N–H and O–H groups in total. The van der Waals surface area contributed by atoms with Crippen molar-refractivity contribution < 1.29 is 21.6 Å². The average molecular weight is 508 g/mol. The third kappa shape index (κ3) is 5.28. The molecule has 2 heterocycles. The molecule has 0 unspecified atom stereocenters. The van der Waals surface area contributed by atoms with Gasteiger partial charge >= 0.3 is 0 Å². The first-order valence-corrected chi connectivity index (χ1v) is 14.2. The normalized spacial score (nSPS) is 15.4.